The van der Waals surface area contributed by atoms with Crippen LogP contribution in [0.3, 0.4) is 0 Å². The summed E-state index contributed by atoms with van der Waals surface area (Å²) in [4.78, 5) is 20.6. The number of aromatic nitrogens is 2. The van der Waals surface area contributed by atoms with Crippen LogP contribution in [0.15, 0.2) is 59.3 Å². The third-order valence-electron chi connectivity index (χ3n) is 3.77. The fourth-order valence-electron chi connectivity index (χ4n) is 2.45. The lowest BCUT2D eigenvalue weighted by molar-refractivity contribution is -0.121. The van der Waals surface area contributed by atoms with Gasteiger partial charge in [0.05, 0.1) is 23.0 Å². The molecule has 1 N–H and O–H groups in total. The maximum atomic E-state index is 12.1. The van der Waals surface area contributed by atoms with Gasteiger partial charge >= 0.3 is 0 Å². The van der Waals surface area contributed by atoms with E-state index in [2.05, 4.69) is 15.3 Å². The van der Waals surface area contributed by atoms with E-state index in [9.17, 15) is 4.79 Å². The van der Waals surface area contributed by atoms with Gasteiger partial charge in [-0.25, -0.2) is 4.98 Å². The SMILES string of the molecule is CC(NC(=O)CCc1ncc(-c2ccccc2Cl)o1)c1ccccn1. The Morgan fingerprint density at radius 1 is 1.20 bits per heavy atom. The van der Waals surface area contributed by atoms with Crippen molar-refractivity contribution < 1.29 is 9.21 Å². The molecule has 0 saturated carbocycles. The van der Waals surface area contributed by atoms with Gasteiger partial charge in [-0.1, -0.05) is 29.8 Å². The number of hydrogen-bond donors (Lipinski definition) is 1. The van der Waals surface area contributed by atoms with Crippen molar-refractivity contribution in [3.8, 4) is 11.3 Å². The number of halogens is 1. The van der Waals surface area contributed by atoms with Crippen LogP contribution in [0.1, 0.15) is 31.0 Å². The summed E-state index contributed by atoms with van der Waals surface area (Å²) in [5, 5.41) is 3.53. The van der Waals surface area contributed by atoms with Crippen LogP contribution >= 0.6 is 11.6 Å². The molecular formula is C19H18ClN3O2. The highest BCUT2D eigenvalue weighted by Gasteiger charge is 2.13. The number of carbonyl (C=O) groups is 1. The first-order valence-electron chi connectivity index (χ1n) is 8.03. The molecule has 0 radical (unpaired) electrons. The molecule has 0 aliphatic rings. The quantitative estimate of drug-likeness (QED) is 0.719. The minimum absolute atomic E-state index is 0.0735. The number of aryl methyl sites for hydroxylation is 1. The van der Waals surface area contributed by atoms with Gasteiger partial charge < -0.3 is 9.73 Å². The molecule has 3 rings (SSSR count). The molecule has 0 bridgehead atoms. The zero-order chi connectivity index (χ0) is 17.6. The van der Waals surface area contributed by atoms with Crippen molar-refractivity contribution in [2.45, 2.75) is 25.8 Å². The van der Waals surface area contributed by atoms with E-state index in [0.717, 1.165) is 11.3 Å². The number of rotatable bonds is 6. The molecule has 2 heterocycles. The number of nitrogens with zero attached hydrogens (tertiary/aromatic N) is 2. The van der Waals surface area contributed by atoms with Crippen molar-refractivity contribution in [2.75, 3.05) is 0 Å². The fourth-order valence-corrected chi connectivity index (χ4v) is 2.68. The van der Waals surface area contributed by atoms with Crippen molar-refractivity contribution in [1.29, 1.82) is 0 Å². The van der Waals surface area contributed by atoms with Gasteiger partial charge in [-0.15, -0.1) is 0 Å². The molecule has 128 valence electrons. The summed E-state index contributed by atoms with van der Waals surface area (Å²) in [6, 6.07) is 12.9. The second-order valence-corrected chi connectivity index (χ2v) is 6.05. The highest BCUT2D eigenvalue weighted by molar-refractivity contribution is 6.33. The third kappa shape index (κ3) is 4.45. The molecule has 6 heteroatoms. The molecule has 0 aliphatic carbocycles. The highest BCUT2D eigenvalue weighted by atomic mass is 35.5. The summed E-state index contributed by atoms with van der Waals surface area (Å²) >= 11 is 6.15. The number of pyridine rings is 1. The number of nitrogens with one attached hydrogen (secondary N) is 1. The van der Waals surface area contributed by atoms with Crippen molar-refractivity contribution >= 4 is 17.5 Å². The highest BCUT2D eigenvalue weighted by Crippen LogP contribution is 2.28. The van der Waals surface area contributed by atoms with E-state index in [1.807, 2.05) is 43.3 Å². The number of carbonyl (C=O) groups excluding carboxylic acids is 1. The normalized spacial score (nSPS) is 11.9. The lowest BCUT2D eigenvalue weighted by atomic mass is 10.2. The van der Waals surface area contributed by atoms with Gasteiger partial charge in [-0.3, -0.25) is 9.78 Å². The number of benzene rings is 1. The van der Waals surface area contributed by atoms with Crippen LogP contribution in [0.5, 0.6) is 0 Å². The van der Waals surface area contributed by atoms with E-state index >= 15 is 0 Å². The van der Waals surface area contributed by atoms with Gasteiger partial charge in [-0.2, -0.15) is 0 Å². The molecule has 1 unspecified atom stereocenters. The van der Waals surface area contributed by atoms with Crippen molar-refractivity contribution in [3.05, 3.63) is 71.5 Å². The van der Waals surface area contributed by atoms with E-state index in [0.29, 0.717) is 29.5 Å². The molecule has 3 aromatic rings. The minimum Gasteiger partial charge on any atom is -0.441 e. The summed E-state index contributed by atoms with van der Waals surface area (Å²) in [7, 11) is 0. The maximum absolute atomic E-state index is 12.1. The first-order valence-corrected chi connectivity index (χ1v) is 8.41. The van der Waals surface area contributed by atoms with Crippen molar-refractivity contribution in [1.82, 2.24) is 15.3 Å². The summed E-state index contributed by atoms with van der Waals surface area (Å²) in [6.45, 7) is 1.90. The minimum atomic E-state index is -0.142. The second kappa shape index (κ2) is 7.94. The molecule has 5 nitrogen and oxygen atoms in total. The summed E-state index contributed by atoms with van der Waals surface area (Å²) in [6.07, 6.45) is 4.05. The smallest absolute Gasteiger partial charge is 0.221 e. The van der Waals surface area contributed by atoms with Crippen LogP contribution in [0.25, 0.3) is 11.3 Å². The molecule has 1 atom stereocenters. The predicted octanol–water partition coefficient (Wildman–Crippen LogP) is 4.20. The summed E-state index contributed by atoms with van der Waals surface area (Å²) < 4.78 is 5.70. The zero-order valence-corrected chi connectivity index (χ0v) is 14.5. The monoisotopic (exact) mass is 355 g/mol. The lowest BCUT2D eigenvalue weighted by Crippen LogP contribution is -2.27. The van der Waals surface area contributed by atoms with Crippen LogP contribution in [-0.4, -0.2) is 15.9 Å². The van der Waals surface area contributed by atoms with Gasteiger partial charge in [0.15, 0.2) is 11.7 Å². The standard InChI is InChI=1S/C19H18ClN3O2/c1-13(16-8-4-5-11-21-16)23-18(24)9-10-19-22-12-17(25-19)14-6-2-3-7-15(14)20/h2-8,11-13H,9-10H2,1H3,(H,23,24). The molecule has 1 amide bonds. The van der Waals surface area contributed by atoms with Crippen molar-refractivity contribution in [2.24, 2.45) is 0 Å². The van der Waals surface area contributed by atoms with Gasteiger partial charge in [0.2, 0.25) is 5.91 Å². The largest absolute Gasteiger partial charge is 0.441 e. The summed E-state index contributed by atoms with van der Waals surface area (Å²) in [5.74, 6) is 1.04. The Kier molecular flexibility index (Phi) is 5.46. The molecule has 2 aromatic heterocycles. The Balaban J connectivity index is 1.55. The third-order valence-corrected chi connectivity index (χ3v) is 4.10. The van der Waals surface area contributed by atoms with Crippen LogP contribution in [0, 0.1) is 0 Å². The average Bonchev–Trinajstić information content (AvgIpc) is 3.10. The average molecular weight is 356 g/mol. The van der Waals surface area contributed by atoms with E-state index in [-0.39, 0.29) is 11.9 Å². The van der Waals surface area contributed by atoms with E-state index in [1.54, 1.807) is 18.5 Å². The molecular weight excluding hydrogens is 338 g/mol. The Bertz CT molecular complexity index is 849. The zero-order valence-electron chi connectivity index (χ0n) is 13.8. The second-order valence-electron chi connectivity index (χ2n) is 5.64. The molecule has 0 spiro atoms. The van der Waals surface area contributed by atoms with Gasteiger partial charge in [0.25, 0.3) is 0 Å². The van der Waals surface area contributed by atoms with E-state index in [1.165, 1.54) is 0 Å². The Morgan fingerprint density at radius 2 is 2.00 bits per heavy atom. The number of amides is 1. The molecule has 0 saturated heterocycles. The van der Waals surface area contributed by atoms with Crippen LogP contribution < -0.4 is 5.32 Å². The first kappa shape index (κ1) is 17.2. The number of oxazole rings is 1. The molecule has 0 aliphatic heterocycles. The van der Waals surface area contributed by atoms with Gasteiger partial charge in [-0.05, 0) is 31.2 Å². The first-order chi connectivity index (χ1) is 12.1. The molecule has 0 fully saturated rings. The van der Waals surface area contributed by atoms with Crippen LogP contribution in [0.4, 0.5) is 0 Å². The van der Waals surface area contributed by atoms with Crippen molar-refractivity contribution in [3.63, 3.8) is 0 Å². The van der Waals surface area contributed by atoms with E-state index < -0.39 is 0 Å². The maximum Gasteiger partial charge on any atom is 0.221 e. The fraction of sp³-hybridized carbons (Fsp3) is 0.211. The molecule has 1 aromatic carbocycles. The van der Waals surface area contributed by atoms with Gasteiger partial charge in [0, 0.05) is 24.6 Å². The van der Waals surface area contributed by atoms with Crippen LogP contribution in [0.2, 0.25) is 5.02 Å². The van der Waals surface area contributed by atoms with Gasteiger partial charge in [0.1, 0.15) is 0 Å². The topological polar surface area (TPSA) is 68.0 Å². The Morgan fingerprint density at radius 3 is 2.76 bits per heavy atom. The lowest BCUT2D eigenvalue weighted by Gasteiger charge is -2.12. The molecule has 25 heavy (non-hydrogen) atoms. The predicted molar refractivity (Wildman–Crippen MR) is 96.1 cm³/mol. The van der Waals surface area contributed by atoms with Crippen LogP contribution in [-0.2, 0) is 11.2 Å². The van der Waals surface area contributed by atoms with E-state index in [4.69, 9.17) is 16.0 Å². The number of hydrogen-bond acceptors (Lipinski definition) is 4. The Labute approximate surface area is 151 Å². The summed E-state index contributed by atoms with van der Waals surface area (Å²) in [5.41, 5.74) is 1.61. The Hall–Kier alpha value is -2.66.